The molecule has 0 saturated heterocycles. The van der Waals surface area contributed by atoms with Crippen LogP contribution in [0.3, 0.4) is 0 Å². The third-order valence-corrected chi connectivity index (χ3v) is 5.91. The molecule has 6 aromatic rings. The van der Waals surface area contributed by atoms with Gasteiger partial charge in [-0.2, -0.15) is 0 Å². The zero-order chi connectivity index (χ0) is 23.1. The molecule has 162 valence electrons. The van der Waals surface area contributed by atoms with Gasteiger partial charge in [-0.1, -0.05) is 78.9 Å². The lowest BCUT2D eigenvalue weighted by Gasteiger charge is -2.11. The summed E-state index contributed by atoms with van der Waals surface area (Å²) >= 11 is 0. The van der Waals surface area contributed by atoms with Crippen molar-refractivity contribution in [2.45, 2.75) is 0 Å². The third kappa shape index (κ3) is 3.33. The Kier molecular flexibility index (Phi) is 4.70. The molecule has 0 aliphatic carbocycles. The van der Waals surface area contributed by atoms with Crippen LogP contribution in [0, 0.1) is 0 Å². The van der Waals surface area contributed by atoms with Gasteiger partial charge in [-0.3, -0.25) is 9.59 Å². The van der Waals surface area contributed by atoms with Crippen molar-refractivity contribution < 1.29 is 8.83 Å². The lowest BCUT2D eigenvalue weighted by Crippen LogP contribution is -2.08. The van der Waals surface area contributed by atoms with E-state index in [-0.39, 0.29) is 10.9 Å². The van der Waals surface area contributed by atoms with Gasteiger partial charge in [0.2, 0.25) is 5.43 Å². The Morgan fingerprint density at radius 3 is 1.91 bits per heavy atom. The molecule has 6 rings (SSSR count). The number of hydrogen-bond donors (Lipinski definition) is 0. The quantitative estimate of drug-likeness (QED) is 0.299. The minimum absolute atomic E-state index is 0.148. The van der Waals surface area contributed by atoms with E-state index in [0.717, 1.165) is 11.1 Å². The summed E-state index contributed by atoms with van der Waals surface area (Å²) in [5.41, 5.74) is 3.28. The normalized spacial score (nSPS) is 11.2. The van der Waals surface area contributed by atoms with Crippen LogP contribution in [-0.4, -0.2) is 0 Å². The summed E-state index contributed by atoms with van der Waals surface area (Å²) in [5.74, 6) is 0.968. The van der Waals surface area contributed by atoms with E-state index < -0.39 is 0 Å². The molecule has 0 aliphatic rings. The molecule has 0 fully saturated rings. The van der Waals surface area contributed by atoms with Gasteiger partial charge in [0.1, 0.15) is 22.7 Å². The number of fused-ring (bicyclic) bond motifs is 2. The number of rotatable bonds is 3. The van der Waals surface area contributed by atoms with Crippen LogP contribution in [0.15, 0.2) is 128 Å². The first-order valence-corrected chi connectivity index (χ1v) is 10.9. The highest BCUT2D eigenvalue weighted by Crippen LogP contribution is 2.34. The van der Waals surface area contributed by atoms with Crippen LogP contribution in [0.5, 0.6) is 0 Å². The molecule has 2 heterocycles. The SMILES string of the molecule is O=c1cc(-c2ccccc2)oc2ccc(-c3c(-c4ccccc4)oc4ccccc4c3=O)cc12. The molecule has 34 heavy (non-hydrogen) atoms. The Hall–Kier alpha value is -4.70. The van der Waals surface area contributed by atoms with Crippen molar-refractivity contribution in [3.8, 4) is 33.8 Å². The van der Waals surface area contributed by atoms with E-state index in [0.29, 0.717) is 44.6 Å². The fourth-order valence-electron chi connectivity index (χ4n) is 4.25. The summed E-state index contributed by atoms with van der Waals surface area (Å²) in [6.45, 7) is 0. The van der Waals surface area contributed by atoms with Gasteiger partial charge in [-0.05, 0) is 29.8 Å². The van der Waals surface area contributed by atoms with Gasteiger partial charge < -0.3 is 8.83 Å². The Labute approximate surface area is 194 Å². The van der Waals surface area contributed by atoms with Crippen LogP contribution < -0.4 is 10.9 Å². The van der Waals surface area contributed by atoms with E-state index in [2.05, 4.69) is 0 Å². The molecule has 0 radical (unpaired) electrons. The van der Waals surface area contributed by atoms with Crippen LogP contribution in [-0.2, 0) is 0 Å². The van der Waals surface area contributed by atoms with E-state index in [1.54, 1.807) is 30.3 Å². The van der Waals surface area contributed by atoms with Crippen LogP contribution in [0.4, 0.5) is 0 Å². The molecular formula is C30H18O4. The van der Waals surface area contributed by atoms with Gasteiger partial charge in [0.15, 0.2) is 5.43 Å². The minimum atomic E-state index is -0.173. The first kappa shape index (κ1) is 19.9. The van der Waals surface area contributed by atoms with Gasteiger partial charge >= 0.3 is 0 Å². The smallest absolute Gasteiger partial charge is 0.201 e. The summed E-state index contributed by atoms with van der Waals surface area (Å²) in [4.78, 5) is 26.7. The van der Waals surface area contributed by atoms with Crippen LogP contribution in [0.2, 0.25) is 0 Å². The zero-order valence-corrected chi connectivity index (χ0v) is 18.0. The lowest BCUT2D eigenvalue weighted by molar-refractivity contribution is 0.618. The number of hydrogen-bond acceptors (Lipinski definition) is 4. The van der Waals surface area contributed by atoms with E-state index in [4.69, 9.17) is 8.83 Å². The maximum absolute atomic E-state index is 13.6. The van der Waals surface area contributed by atoms with Crippen LogP contribution in [0.25, 0.3) is 55.7 Å². The number of para-hydroxylation sites is 1. The monoisotopic (exact) mass is 442 g/mol. The third-order valence-electron chi connectivity index (χ3n) is 5.91. The fourth-order valence-corrected chi connectivity index (χ4v) is 4.25. The second kappa shape index (κ2) is 8.01. The van der Waals surface area contributed by atoms with Crippen LogP contribution in [0.1, 0.15) is 0 Å². The molecule has 0 atom stereocenters. The highest BCUT2D eigenvalue weighted by atomic mass is 16.3. The summed E-state index contributed by atoms with van der Waals surface area (Å²) in [5, 5.41) is 0.896. The second-order valence-electron chi connectivity index (χ2n) is 8.05. The zero-order valence-electron chi connectivity index (χ0n) is 18.0. The average Bonchev–Trinajstić information content (AvgIpc) is 2.89. The minimum Gasteiger partial charge on any atom is -0.456 e. The summed E-state index contributed by atoms with van der Waals surface area (Å²) in [6.07, 6.45) is 0. The molecule has 0 unspecified atom stereocenters. The Morgan fingerprint density at radius 2 is 1.15 bits per heavy atom. The van der Waals surface area contributed by atoms with Gasteiger partial charge in [0.25, 0.3) is 0 Å². The van der Waals surface area contributed by atoms with Crippen molar-refractivity contribution in [1.29, 1.82) is 0 Å². The molecular weight excluding hydrogens is 424 g/mol. The molecule has 0 aliphatic heterocycles. The van der Waals surface area contributed by atoms with Gasteiger partial charge in [0.05, 0.1) is 16.3 Å². The summed E-state index contributed by atoms with van der Waals surface area (Å²) in [6, 6.07) is 32.9. The summed E-state index contributed by atoms with van der Waals surface area (Å²) in [7, 11) is 0. The van der Waals surface area contributed by atoms with Gasteiger partial charge in [-0.25, -0.2) is 0 Å². The average molecular weight is 442 g/mol. The maximum atomic E-state index is 13.6. The van der Waals surface area contributed by atoms with E-state index in [9.17, 15) is 9.59 Å². The topological polar surface area (TPSA) is 60.4 Å². The van der Waals surface area contributed by atoms with E-state index >= 15 is 0 Å². The standard InChI is InChI=1S/C30H18O4/c31-24-18-27(19-9-3-1-4-10-19)33-26-16-15-21(17-23(24)26)28-29(32)22-13-7-8-14-25(22)34-30(28)20-11-5-2-6-12-20/h1-18H. The van der Waals surface area contributed by atoms with E-state index in [1.165, 1.54) is 6.07 Å². The number of benzene rings is 4. The molecule has 0 saturated carbocycles. The predicted octanol–water partition coefficient (Wildman–Crippen LogP) is 6.90. The maximum Gasteiger partial charge on any atom is 0.201 e. The fraction of sp³-hybridized carbons (Fsp3) is 0. The van der Waals surface area contributed by atoms with Crippen molar-refractivity contribution in [3.05, 3.63) is 130 Å². The highest BCUT2D eigenvalue weighted by molar-refractivity contribution is 5.92. The Bertz CT molecular complexity index is 1780. The Balaban J connectivity index is 1.61. The van der Waals surface area contributed by atoms with Crippen molar-refractivity contribution >= 4 is 21.9 Å². The molecule has 0 bridgehead atoms. The first-order valence-electron chi connectivity index (χ1n) is 10.9. The molecule has 4 nitrogen and oxygen atoms in total. The molecule has 0 N–H and O–H groups in total. The van der Waals surface area contributed by atoms with E-state index in [1.807, 2.05) is 72.8 Å². The van der Waals surface area contributed by atoms with Crippen molar-refractivity contribution in [2.24, 2.45) is 0 Å². The molecule has 4 aromatic carbocycles. The van der Waals surface area contributed by atoms with Gasteiger partial charge in [0, 0.05) is 17.2 Å². The van der Waals surface area contributed by atoms with Gasteiger partial charge in [-0.15, -0.1) is 0 Å². The molecule has 0 spiro atoms. The first-order chi connectivity index (χ1) is 16.7. The van der Waals surface area contributed by atoms with Crippen LogP contribution >= 0.6 is 0 Å². The van der Waals surface area contributed by atoms with Crippen molar-refractivity contribution in [3.63, 3.8) is 0 Å². The second-order valence-corrected chi connectivity index (χ2v) is 8.05. The predicted molar refractivity (Wildman–Crippen MR) is 135 cm³/mol. The Morgan fingerprint density at radius 1 is 0.500 bits per heavy atom. The van der Waals surface area contributed by atoms with Crippen molar-refractivity contribution in [2.75, 3.05) is 0 Å². The highest BCUT2D eigenvalue weighted by Gasteiger charge is 2.19. The van der Waals surface area contributed by atoms with Crippen molar-refractivity contribution in [1.82, 2.24) is 0 Å². The largest absolute Gasteiger partial charge is 0.456 e. The molecule has 0 amide bonds. The molecule has 2 aromatic heterocycles. The lowest BCUT2D eigenvalue weighted by atomic mass is 9.97. The molecule has 4 heteroatoms. The summed E-state index contributed by atoms with van der Waals surface area (Å²) < 4.78 is 12.3.